The third kappa shape index (κ3) is 5.82. The van der Waals surface area contributed by atoms with Crippen LogP contribution in [0.2, 0.25) is 0 Å². The number of halogens is 2. The Morgan fingerprint density at radius 3 is 2.66 bits per heavy atom. The van der Waals surface area contributed by atoms with E-state index in [2.05, 4.69) is 15.0 Å². The van der Waals surface area contributed by atoms with Crippen molar-refractivity contribution < 1.29 is 32.8 Å². The van der Waals surface area contributed by atoms with E-state index < -0.39 is 29.5 Å². The molecule has 1 amide bonds. The number of carbonyl (C=O) groups is 2. The Bertz CT molecular complexity index is 1150. The van der Waals surface area contributed by atoms with E-state index >= 15 is 0 Å². The van der Waals surface area contributed by atoms with Crippen molar-refractivity contribution in [3.8, 4) is 17.0 Å². The van der Waals surface area contributed by atoms with Gasteiger partial charge in [0, 0.05) is 23.1 Å². The van der Waals surface area contributed by atoms with Crippen LogP contribution in [0.1, 0.15) is 17.3 Å². The number of nitrogens with one attached hydrogen (secondary N) is 1. The van der Waals surface area contributed by atoms with E-state index in [1.165, 1.54) is 43.3 Å². The molecule has 0 aliphatic heterocycles. The van der Waals surface area contributed by atoms with Crippen molar-refractivity contribution in [2.24, 2.45) is 0 Å². The predicted octanol–water partition coefficient (Wildman–Crippen LogP) is 4.50. The second-order valence-electron chi connectivity index (χ2n) is 6.29. The summed E-state index contributed by atoms with van der Waals surface area (Å²) in [4.78, 5) is 39.2. The molecule has 3 aromatic rings. The van der Waals surface area contributed by atoms with E-state index in [-0.39, 0.29) is 22.1 Å². The van der Waals surface area contributed by atoms with Gasteiger partial charge in [-0.25, -0.2) is 9.78 Å². The van der Waals surface area contributed by atoms with Gasteiger partial charge >= 0.3 is 12.6 Å². The number of anilines is 1. The minimum atomic E-state index is -3.05. The zero-order chi connectivity index (χ0) is 23.3. The van der Waals surface area contributed by atoms with Crippen LogP contribution in [0.4, 0.5) is 19.6 Å². The van der Waals surface area contributed by atoms with Crippen LogP contribution in [0.5, 0.6) is 5.75 Å². The van der Waals surface area contributed by atoms with Gasteiger partial charge in [0.2, 0.25) is 0 Å². The molecular weight excluding hydrogens is 448 g/mol. The van der Waals surface area contributed by atoms with Crippen LogP contribution in [0.15, 0.2) is 53.9 Å². The summed E-state index contributed by atoms with van der Waals surface area (Å²) in [5.41, 5.74) is 0.769. The lowest BCUT2D eigenvalue weighted by molar-refractivity contribution is -0.384. The van der Waals surface area contributed by atoms with Crippen LogP contribution in [0.3, 0.4) is 0 Å². The van der Waals surface area contributed by atoms with Gasteiger partial charge in [0.15, 0.2) is 11.2 Å². The fraction of sp³-hybridized carbons (Fsp3) is 0.150. The summed E-state index contributed by atoms with van der Waals surface area (Å²) in [6, 6.07) is 10.9. The molecule has 32 heavy (non-hydrogen) atoms. The molecule has 1 unspecified atom stereocenters. The van der Waals surface area contributed by atoms with E-state index in [9.17, 15) is 28.5 Å². The van der Waals surface area contributed by atoms with Gasteiger partial charge in [-0.15, -0.1) is 11.3 Å². The second kappa shape index (κ2) is 9.92. The van der Waals surface area contributed by atoms with Gasteiger partial charge in [-0.05, 0) is 25.1 Å². The first kappa shape index (κ1) is 22.7. The van der Waals surface area contributed by atoms with E-state index in [4.69, 9.17) is 4.74 Å². The van der Waals surface area contributed by atoms with Gasteiger partial charge in [-0.2, -0.15) is 8.78 Å². The minimum Gasteiger partial charge on any atom is -0.449 e. The number of thiazole rings is 1. The lowest BCUT2D eigenvalue weighted by atomic mass is 10.1. The molecule has 0 radical (unpaired) electrons. The van der Waals surface area contributed by atoms with Crippen molar-refractivity contribution in [3.05, 3.63) is 69.6 Å². The number of carbonyl (C=O) groups excluding carboxylic acids is 2. The van der Waals surface area contributed by atoms with Crippen molar-refractivity contribution in [1.82, 2.24) is 4.98 Å². The standard InChI is InChI=1S/C20H15F2N3O6S/c1-11(30-18(27)13-5-3-7-15(9-13)31-19(21)22)17(26)24-20-23-16(10-32-20)12-4-2-6-14(8-12)25(28)29/h2-11,19H,1H3,(H,23,24,26). The highest BCUT2D eigenvalue weighted by atomic mass is 32.1. The maximum atomic E-state index is 12.3. The van der Waals surface area contributed by atoms with Gasteiger partial charge in [-0.1, -0.05) is 18.2 Å². The Balaban J connectivity index is 1.62. The fourth-order valence-corrected chi connectivity index (χ4v) is 3.25. The number of nitro benzene ring substituents is 1. The molecule has 1 heterocycles. The predicted molar refractivity (Wildman–Crippen MR) is 111 cm³/mol. The highest BCUT2D eigenvalue weighted by molar-refractivity contribution is 7.14. The van der Waals surface area contributed by atoms with Crippen molar-refractivity contribution in [1.29, 1.82) is 0 Å². The molecule has 0 bridgehead atoms. The highest BCUT2D eigenvalue weighted by Crippen LogP contribution is 2.27. The van der Waals surface area contributed by atoms with E-state index in [1.54, 1.807) is 11.4 Å². The molecule has 9 nitrogen and oxygen atoms in total. The van der Waals surface area contributed by atoms with Crippen molar-refractivity contribution in [2.75, 3.05) is 5.32 Å². The van der Waals surface area contributed by atoms with Gasteiger partial charge < -0.3 is 9.47 Å². The second-order valence-corrected chi connectivity index (χ2v) is 7.15. The van der Waals surface area contributed by atoms with Crippen molar-refractivity contribution in [2.45, 2.75) is 19.6 Å². The number of rotatable bonds is 8. The quantitative estimate of drug-likeness (QED) is 0.297. The monoisotopic (exact) mass is 463 g/mol. The summed E-state index contributed by atoms with van der Waals surface area (Å²) < 4.78 is 33.9. The smallest absolute Gasteiger partial charge is 0.387 e. The number of esters is 1. The zero-order valence-corrected chi connectivity index (χ0v) is 17.2. The molecule has 0 spiro atoms. The Hall–Kier alpha value is -3.93. The molecule has 166 valence electrons. The molecule has 0 saturated carbocycles. The van der Waals surface area contributed by atoms with Crippen molar-refractivity contribution >= 4 is 34.0 Å². The summed E-state index contributed by atoms with van der Waals surface area (Å²) in [5.74, 6) is -1.79. The molecule has 1 N–H and O–H groups in total. The molecule has 0 saturated heterocycles. The third-order valence-corrected chi connectivity index (χ3v) is 4.79. The van der Waals surface area contributed by atoms with Gasteiger partial charge in [-0.3, -0.25) is 20.2 Å². The first-order valence-corrected chi connectivity index (χ1v) is 9.88. The van der Waals surface area contributed by atoms with Gasteiger partial charge in [0.1, 0.15) is 5.75 Å². The van der Waals surface area contributed by atoms with Crippen LogP contribution in [-0.2, 0) is 9.53 Å². The molecule has 1 aromatic heterocycles. The summed E-state index contributed by atoms with van der Waals surface area (Å²) in [6.45, 7) is -1.71. The Morgan fingerprint density at radius 2 is 1.94 bits per heavy atom. The summed E-state index contributed by atoms with van der Waals surface area (Å²) in [5, 5.41) is 15.2. The van der Waals surface area contributed by atoms with Gasteiger partial charge in [0.25, 0.3) is 11.6 Å². The average molecular weight is 463 g/mol. The van der Waals surface area contributed by atoms with Crippen molar-refractivity contribution in [3.63, 3.8) is 0 Å². The topological polar surface area (TPSA) is 121 Å². The number of alkyl halides is 2. The van der Waals surface area contributed by atoms with Crippen LogP contribution < -0.4 is 10.1 Å². The molecule has 0 aliphatic rings. The minimum absolute atomic E-state index is 0.0648. The number of non-ortho nitro benzene ring substituents is 1. The molecular formula is C20H15F2N3O6S. The highest BCUT2D eigenvalue weighted by Gasteiger charge is 2.21. The number of benzene rings is 2. The normalized spacial score (nSPS) is 11.6. The van der Waals surface area contributed by atoms with E-state index in [1.807, 2.05) is 0 Å². The molecule has 1 atom stereocenters. The maximum absolute atomic E-state index is 12.3. The Labute approximate surface area is 183 Å². The largest absolute Gasteiger partial charge is 0.449 e. The Kier molecular flexibility index (Phi) is 7.05. The molecule has 2 aromatic carbocycles. The molecule has 0 aliphatic carbocycles. The maximum Gasteiger partial charge on any atom is 0.387 e. The van der Waals surface area contributed by atoms with E-state index in [0.717, 1.165) is 17.4 Å². The SMILES string of the molecule is CC(OC(=O)c1cccc(OC(F)F)c1)C(=O)Nc1nc(-c2cccc([N+](=O)[O-])c2)cs1. The Morgan fingerprint density at radius 1 is 1.19 bits per heavy atom. The van der Waals surface area contributed by atoms with Crippen LogP contribution in [-0.4, -0.2) is 34.5 Å². The van der Waals surface area contributed by atoms with Crippen LogP contribution in [0.25, 0.3) is 11.3 Å². The summed E-state index contributed by atoms with van der Waals surface area (Å²) in [6.07, 6.45) is -1.22. The first-order chi connectivity index (χ1) is 15.2. The number of nitro groups is 1. The fourth-order valence-electron chi connectivity index (χ4n) is 2.53. The number of ether oxygens (including phenoxy) is 2. The summed E-state index contributed by atoms with van der Waals surface area (Å²) >= 11 is 1.09. The van der Waals surface area contributed by atoms with Crippen LogP contribution in [0, 0.1) is 10.1 Å². The lowest BCUT2D eigenvalue weighted by Gasteiger charge is -2.13. The van der Waals surface area contributed by atoms with Gasteiger partial charge in [0.05, 0.1) is 16.2 Å². The number of nitrogens with zero attached hydrogens (tertiary/aromatic N) is 2. The number of aromatic nitrogens is 1. The molecule has 3 rings (SSSR count). The molecule has 12 heteroatoms. The number of amides is 1. The number of hydrogen-bond acceptors (Lipinski definition) is 8. The summed E-state index contributed by atoms with van der Waals surface area (Å²) in [7, 11) is 0. The first-order valence-electron chi connectivity index (χ1n) is 9.00. The zero-order valence-electron chi connectivity index (χ0n) is 16.4. The van der Waals surface area contributed by atoms with Crippen LogP contribution >= 0.6 is 11.3 Å². The number of hydrogen-bond donors (Lipinski definition) is 1. The third-order valence-electron chi connectivity index (χ3n) is 4.04. The van der Waals surface area contributed by atoms with E-state index in [0.29, 0.717) is 11.3 Å². The average Bonchev–Trinajstić information content (AvgIpc) is 3.22. The lowest BCUT2D eigenvalue weighted by Crippen LogP contribution is -2.30. The molecule has 0 fully saturated rings.